The van der Waals surface area contributed by atoms with Gasteiger partial charge in [0.05, 0.1) is 30.6 Å². The maximum atomic E-state index is 13.3. The number of likely N-dealkylation sites (tertiary alicyclic amines) is 1. The molecule has 0 atom stereocenters. The molecule has 0 N–H and O–H groups in total. The van der Waals surface area contributed by atoms with E-state index in [0.29, 0.717) is 29.7 Å². The molecule has 0 aromatic heterocycles. The molecule has 0 aliphatic carbocycles. The van der Waals surface area contributed by atoms with Crippen molar-refractivity contribution in [3.63, 3.8) is 0 Å². The number of aliphatic imine (C=N–C) groups is 1. The van der Waals surface area contributed by atoms with Crippen LogP contribution < -0.4 is 4.90 Å². The quantitative estimate of drug-likeness (QED) is 0.650. The van der Waals surface area contributed by atoms with Crippen LogP contribution in [-0.2, 0) is 14.3 Å². The maximum Gasteiger partial charge on any atom is 0.309 e. The average molecular weight is 440 g/mol. The number of fused-ring (bicyclic) bond motifs is 1. The number of rotatable bonds is 5. The van der Waals surface area contributed by atoms with Gasteiger partial charge in [0.15, 0.2) is 0 Å². The number of esters is 1. The second-order valence-electron chi connectivity index (χ2n) is 7.93. The summed E-state index contributed by atoms with van der Waals surface area (Å²) in [5.41, 5.74) is 3.74. The number of para-hydroxylation sites is 1. The lowest BCUT2D eigenvalue weighted by atomic mass is 9.97. The Morgan fingerprint density at radius 2 is 1.94 bits per heavy atom. The SMILES string of the molecule is CCOC(=O)C1CCN(CN2C(=O)C(=Nc3ccc(C)c(Cl)c3)c3ccccc32)CC1. The Bertz CT molecular complexity index is 1030. The van der Waals surface area contributed by atoms with Crippen LogP contribution in [0, 0.1) is 12.8 Å². The standard InChI is InChI=1S/C24H26ClN3O3/c1-3-31-24(30)17-10-12-27(13-11-17)15-28-21-7-5-4-6-19(21)22(23(28)29)26-18-9-8-16(2)20(25)14-18/h4-9,14,17H,3,10-13,15H2,1-2H3. The molecule has 2 aromatic rings. The van der Waals surface area contributed by atoms with Gasteiger partial charge >= 0.3 is 5.97 Å². The summed E-state index contributed by atoms with van der Waals surface area (Å²) in [6.45, 7) is 6.13. The minimum atomic E-state index is -0.120. The molecule has 2 heterocycles. The molecular weight excluding hydrogens is 414 g/mol. The number of anilines is 1. The van der Waals surface area contributed by atoms with Crippen LogP contribution in [0.4, 0.5) is 11.4 Å². The number of halogens is 1. The second kappa shape index (κ2) is 9.20. The first kappa shape index (κ1) is 21.5. The maximum absolute atomic E-state index is 13.3. The van der Waals surface area contributed by atoms with Crippen LogP contribution in [0.25, 0.3) is 0 Å². The number of hydrogen-bond acceptors (Lipinski definition) is 5. The van der Waals surface area contributed by atoms with E-state index in [1.165, 1.54) is 0 Å². The minimum absolute atomic E-state index is 0.0545. The minimum Gasteiger partial charge on any atom is -0.466 e. The number of carbonyl (C=O) groups excluding carboxylic acids is 2. The largest absolute Gasteiger partial charge is 0.466 e. The number of hydrogen-bond donors (Lipinski definition) is 0. The Balaban J connectivity index is 1.52. The number of carbonyl (C=O) groups is 2. The highest BCUT2D eigenvalue weighted by molar-refractivity contribution is 6.54. The monoisotopic (exact) mass is 439 g/mol. The molecule has 2 aliphatic heterocycles. The molecule has 0 radical (unpaired) electrons. The molecule has 0 bridgehead atoms. The summed E-state index contributed by atoms with van der Waals surface area (Å²) in [6, 6.07) is 13.3. The van der Waals surface area contributed by atoms with Crippen LogP contribution >= 0.6 is 11.6 Å². The molecule has 7 heteroatoms. The first-order valence-corrected chi connectivity index (χ1v) is 11.0. The summed E-state index contributed by atoms with van der Waals surface area (Å²) in [5, 5.41) is 0.627. The smallest absolute Gasteiger partial charge is 0.309 e. The Hall–Kier alpha value is -2.70. The van der Waals surface area contributed by atoms with E-state index in [0.717, 1.165) is 42.7 Å². The molecular formula is C24H26ClN3O3. The van der Waals surface area contributed by atoms with Crippen LogP contribution in [0.2, 0.25) is 5.02 Å². The van der Waals surface area contributed by atoms with Gasteiger partial charge in [-0.15, -0.1) is 0 Å². The van der Waals surface area contributed by atoms with Crippen molar-refractivity contribution in [2.75, 3.05) is 31.3 Å². The van der Waals surface area contributed by atoms with E-state index in [1.807, 2.05) is 50.2 Å². The van der Waals surface area contributed by atoms with Crippen LogP contribution in [0.15, 0.2) is 47.5 Å². The number of nitrogens with zero attached hydrogens (tertiary/aromatic N) is 3. The molecule has 2 aliphatic rings. The van der Waals surface area contributed by atoms with E-state index in [2.05, 4.69) is 9.89 Å². The fraction of sp³-hybridized carbons (Fsp3) is 0.375. The molecule has 6 nitrogen and oxygen atoms in total. The Morgan fingerprint density at radius 3 is 2.65 bits per heavy atom. The summed E-state index contributed by atoms with van der Waals surface area (Å²) in [5.74, 6) is -0.289. The van der Waals surface area contributed by atoms with Gasteiger partial charge < -0.3 is 4.74 Å². The summed E-state index contributed by atoms with van der Waals surface area (Å²) in [4.78, 5) is 33.9. The summed E-state index contributed by atoms with van der Waals surface area (Å²) in [6.07, 6.45) is 1.48. The Kier molecular flexibility index (Phi) is 6.39. The first-order chi connectivity index (χ1) is 15.0. The summed E-state index contributed by atoms with van der Waals surface area (Å²) >= 11 is 6.24. The highest BCUT2D eigenvalue weighted by Crippen LogP contribution is 2.32. The van der Waals surface area contributed by atoms with Gasteiger partial charge in [-0.05, 0) is 50.5 Å². The second-order valence-corrected chi connectivity index (χ2v) is 8.34. The van der Waals surface area contributed by atoms with Crippen LogP contribution in [0.5, 0.6) is 0 Å². The zero-order chi connectivity index (χ0) is 22.0. The zero-order valence-electron chi connectivity index (χ0n) is 17.8. The predicted molar refractivity (Wildman–Crippen MR) is 122 cm³/mol. The van der Waals surface area contributed by atoms with Crippen molar-refractivity contribution in [3.8, 4) is 0 Å². The third-order valence-electron chi connectivity index (χ3n) is 5.84. The number of ether oxygens (including phenoxy) is 1. The number of benzene rings is 2. The van der Waals surface area contributed by atoms with Crippen molar-refractivity contribution in [3.05, 3.63) is 58.6 Å². The van der Waals surface area contributed by atoms with Gasteiger partial charge in [-0.25, -0.2) is 4.99 Å². The van der Waals surface area contributed by atoms with Crippen LogP contribution in [-0.4, -0.2) is 48.9 Å². The molecule has 31 heavy (non-hydrogen) atoms. The molecule has 0 unspecified atom stereocenters. The molecule has 2 aromatic carbocycles. The summed E-state index contributed by atoms with van der Waals surface area (Å²) in [7, 11) is 0. The Labute approximate surface area is 187 Å². The van der Waals surface area contributed by atoms with Crippen LogP contribution in [0.3, 0.4) is 0 Å². The molecule has 4 rings (SSSR count). The number of piperidine rings is 1. The van der Waals surface area contributed by atoms with E-state index < -0.39 is 0 Å². The molecule has 1 fully saturated rings. The zero-order valence-corrected chi connectivity index (χ0v) is 18.6. The topological polar surface area (TPSA) is 62.2 Å². The van der Waals surface area contributed by atoms with E-state index in [1.54, 1.807) is 11.0 Å². The first-order valence-electron chi connectivity index (χ1n) is 10.6. The highest BCUT2D eigenvalue weighted by atomic mass is 35.5. The third kappa shape index (κ3) is 4.50. The fourth-order valence-corrected chi connectivity index (χ4v) is 4.24. The molecule has 162 valence electrons. The lowest BCUT2D eigenvalue weighted by molar-refractivity contribution is -0.149. The van der Waals surface area contributed by atoms with Crippen molar-refractivity contribution in [1.29, 1.82) is 0 Å². The Morgan fingerprint density at radius 1 is 1.19 bits per heavy atom. The summed E-state index contributed by atoms with van der Waals surface area (Å²) < 4.78 is 5.15. The van der Waals surface area contributed by atoms with Gasteiger partial charge in [-0.2, -0.15) is 0 Å². The lowest BCUT2D eigenvalue weighted by Gasteiger charge is -2.33. The lowest BCUT2D eigenvalue weighted by Crippen LogP contribution is -2.45. The van der Waals surface area contributed by atoms with Gasteiger partial charge in [0.2, 0.25) is 0 Å². The number of amides is 1. The van der Waals surface area contributed by atoms with Gasteiger partial charge in [0.25, 0.3) is 5.91 Å². The predicted octanol–water partition coefficient (Wildman–Crippen LogP) is 4.35. The van der Waals surface area contributed by atoms with Crippen molar-refractivity contribution >= 4 is 40.6 Å². The van der Waals surface area contributed by atoms with E-state index in [4.69, 9.17) is 16.3 Å². The molecule has 1 saturated heterocycles. The number of aryl methyl sites for hydroxylation is 1. The molecule has 0 saturated carbocycles. The van der Waals surface area contributed by atoms with Crippen molar-refractivity contribution < 1.29 is 14.3 Å². The third-order valence-corrected chi connectivity index (χ3v) is 6.25. The van der Waals surface area contributed by atoms with Crippen LogP contribution in [0.1, 0.15) is 30.9 Å². The van der Waals surface area contributed by atoms with Crippen molar-refractivity contribution in [1.82, 2.24) is 4.90 Å². The van der Waals surface area contributed by atoms with Gasteiger partial charge in [-0.1, -0.05) is 35.9 Å². The van der Waals surface area contributed by atoms with Crippen molar-refractivity contribution in [2.45, 2.75) is 26.7 Å². The van der Waals surface area contributed by atoms with Gasteiger partial charge in [0.1, 0.15) is 5.71 Å². The normalized spacial score (nSPS) is 18.5. The van der Waals surface area contributed by atoms with E-state index in [-0.39, 0.29) is 17.8 Å². The average Bonchev–Trinajstić information content (AvgIpc) is 3.03. The van der Waals surface area contributed by atoms with Crippen molar-refractivity contribution in [2.24, 2.45) is 10.9 Å². The fourth-order valence-electron chi connectivity index (χ4n) is 4.06. The highest BCUT2D eigenvalue weighted by Gasteiger charge is 2.36. The molecule has 0 spiro atoms. The van der Waals surface area contributed by atoms with Gasteiger partial charge in [-0.3, -0.25) is 19.4 Å². The van der Waals surface area contributed by atoms with E-state index in [9.17, 15) is 9.59 Å². The van der Waals surface area contributed by atoms with Gasteiger partial charge in [0, 0.05) is 23.7 Å². The van der Waals surface area contributed by atoms with E-state index >= 15 is 0 Å². The molecule has 1 amide bonds.